The smallest absolute Gasteiger partial charge is 0.333 e. The van der Waals surface area contributed by atoms with E-state index in [0.29, 0.717) is 23.8 Å². The third-order valence-corrected chi connectivity index (χ3v) is 5.33. The van der Waals surface area contributed by atoms with E-state index in [1.807, 2.05) is 79.7 Å². The summed E-state index contributed by atoms with van der Waals surface area (Å²) in [6.45, 7) is 2.12. The fraction of sp³-hybridized carbons (Fsp3) is 0.269. The van der Waals surface area contributed by atoms with Gasteiger partial charge in [0.1, 0.15) is 5.82 Å². The van der Waals surface area contributed by atoms with E-state index in [2.05, 4.69) is 10.3 Å². The number of carboxylic acid groups (broad SMARTS) is 1. The molecular formula is C26H30N4O4. The zero-order valence-corrected chi connectivity index (χ0v) is 19.9. The highest BCUT2D eigenvalue weighted by Gasteiger charge is 2.18. The van der Waals surface area contributed by atoms with Gasteiger partial charge in [-0.05, 0) is 48.9 Å². The van der Waals surface area contributed by atoms with E-state index in [4.69, 9.17) is 4.74 Å². The van der Waals surface area contributed by atoms with Crippen LogP contribution in [-0.2, 0) is 16.0 Å². The first-order valence-electron chi connectivity index (χ1n) is 11.0. The summed E-state index contributed by atoms with van der Waals surface area (Å²) in [4.78, 5) is 32.1. The van der Waals surface area contributed by atoms with Gasteiger partial charge in [0.15, 0.2) is 6.10 Å². The summed E-state index contributed by atoms with van der Waals surface area (Å²) in [5.74, 6) is -0.471. The van der Waals surface area contributed by atoms with Crippen LogP contribution in [0.1, 0.15) is 12.5 Å². The van der Waals surface area contributed by atoms with Crippen molar-refractivity contribution in [3.63, 3.8) is 0 Å². The molecule has 34 heavy (non-hydrogen) atoms. The summed E-state index contributed by atoms with van der Waals surface area (Å²) in [5, 5.41) is 12.2. The molecule has 1 atom stereocenters. The lowest BCUT2D eigenvalue weighted by molar-refractivity contribution is -0.149. The molecule has 0 radical (unpaired) electrons. The second-order valence-electron chi connectivity index (χ2n) is 7.99. The molecule has 0 aliphatic heterocycles. The van der Waals surface area contributed by atoms with Crippen molar-refractivity contribution in [2.75, 3.05) is 42.9 Å². The minimum Gasteiger partial charge on any atom is -0.479 e. The molecule has 3 rings (SSSR count). The first-order chi connectivity index (χ1) is 16.3. The monoisotopic (exact) mass is 462 g/mol. The van der Waals surface area contributed by atoms with E-state index in [1.165, 1.54) is 4.90 Å². The van der Waals surface area contributed by atoms with Crippen LogP contribution in [0.5, 0.6) is 0 Å². The van der Waals surface area contributed by atoms with Gasteiger partial charge in [-0.2, -0.15) is 0 Å². The maximum Gasteiger partial charge on any atom is 0.333 e. The predicted molar refractivity (Wildman–Crippen MR) is 135 cm³/mol. The maximum absolute atomic E-state index is 12.7. The Morgan fingerprint density at radius 1 is 1.00 bits per heavy atom. The Morgan fingerprint density at radius 3 is 2.26 bits per heavy atom. The molecule has 0 bridgehead atoms. The number of nitrogens with one attached hydrogen (secondary N) is 1. The summed E-state index contributed by atoms with van der Waals surface area (Å²) in [6, 6.07) is 20.3. The number of carbonyl (C=O) groups excluding carboxylic acids is 1. The molecule has 0 aliphatic rings. The van der Waals surface area contributed by atoms with Crippen LogP contribution in [0.25, 0.3) is 11.3 Å². The van der Waals surface area contributed by atoms with Gasteiger partial charge in [0, 0.05) is 51.1 Å². The van der Waals surface area contributed by atoms with E-state index in [9.17, 15) is 14.7 Å². The van der Waals surface area contributed by atoms with Crippen LogP contribution in [0.3, 0.4) is 0 Å². The highest BCUT2D eigenvalue weighted by Crippen LogP contribution is 2.22. The topological polar surface area (TPSA) is 95.0 Å². The SMILES string of the molecule is CCOC(Cc1ccc(-c2cccc(N(C)C(=O)Nc3ccc(N(C)C)cc3)n2)cc1)C(=O)O. The fourth-order valence-electron chi connectivity index (χ4n) is 3.37. The van der Waals surface area contributed by atoms with Crippen molar-refractivity contribution in [3.8, 4) is 11.3 Å². The molecular weight excluding hydrogens is 432 g/mol. The number of rotatable bonds is 9. The number of carbonyl (C=O) groups is 2. The van der Waals surface area contributed by atoms with Gasteiger partial charge in [-0.3, -0.25) is 4.90 Å². The van der Waals surface area contributed by atoms with Crippen LogP contribution in [0.4, 0.5) is 22.0 Å². The Balaban J connectivity index is 1.69. The number of benzene rings is 2. The Hall–Kier alpha value is -3.91. The van der Waals surface area contributed by atoms with Gasteiger partial charge in [0.05, 0.1) is 5.69 Å². The molecule has 1 aromatic heterocycles. The number of pyridine rings is 1. The van der Waals surface area contributed by atoms with Crippen molar-refractivity contribution in [2.45, 2.75) is 19.4 Å². The molecule has 8 heteroatoms. The highest BCUT2D eigenvalue weighted by molar-refractivity contribution is 6.00. The molecule has 1 heterocycles. The van der Waals surface area contributed by atoms with Crippen LogP contribution < -0.4 is 15.1 Å². The van der Waals surface area contributed by atoms with Crippen molar-refractivity contribution in [1.82, 2.24) is 4.98 Å². The van der Waals surface area contributed by atoms with Crippen LogP contribution in [-0.4, -0.2) is 55.9 Å². The van der Waals surface area contributed by atoms with Crippen molar-refractivity contribution < 1.29 is 19.4 Å². The molecule has 1 unspecified atom stereocenters. The molecule has 0 spiro atoms. The van der Waals surface area contributed by atoms with Crippen molar-refractivity contribution in [1.29, 1.82) is 0 Å². The first-order valence-corrected chi connectivity index (χ1v) is 11.0. The zero-order chi connectivity index (χ0) is 24.7. The average Bonchev–Trinajstić information content (AvgIpc) is 2.84. The number of hydrogen-bond donors (Lipinski definition) is 2. The Labute approximate surface area is 199 Å². The summed E-state index contributed by atoms with van der Waals surface area (Å²) < 4.78 is 5.29. The Kier molecular flexibility index (Phi) is 8.21. The summed E-state index contributed by atoms with van der Waals surface area (Å²) in [6.07, 6.45) is -0.585. The van der Waals surface area contributed by atoms with Crippen molar-refractivity contribution >= 4 is 29.2 Å². The van der Waals surface area contributed by atoms with Crippen LogP contribution in [0, 0.1) is 0 Å². The molecule has 0 aliphatic carbocycles. The quantitative estimate of drug-likeness (QED) is 0.486. The van der Waals surface area contributed by atoms with E-state index in [1.54, 1.807) is 20.0 Å². The van der Waals surface area contributed by atoms with Gasteiger partial charge in [0.2, 0.25) is 0 Å². The number of urea groups is 1. The molecule has 0 saturated carbocycles. The molecule has 0 fully saturated rings. The summed E-state index contributed by atoms with van der Waals surface area (Å²) >= 11 is 0. The number of hydrogen-bond acceptors (Lipinski definition) is 5. The second-order valence-corrected chi connectivity index (χ2v) is 7.99. The van der Waals surface area contributed by atoms with Crippen molar-refractivity contribution in [3.05, 3.63) is 72.3 Å². The number of aliphatic carboxylic acids is 1. The van der Waals surface area contributed by atoms with Gasteiger partial charge in [0.25, 0.3) is 0 Å². The van der Waals surface area contributed by atoms with Crippen molar-refractivity contribution in [2.24, 2.45) is 0 Å². The number of nitrogens with zero attached hydrogens (tertiary/aromatic N) is 3. The molecule has 2 aromatic carbocycles. The molecule has 3 aromatic rings. The zero-order valence-electron chi connectivity index (χ0n) is 19.9. The molecule has 178 valence electrons. The standard InChI is InChI=1S/C26H30N4O4/c1-5-34-23(25(31)32)17-18-9-11-19(12-10-18)22-7-6-8-24(28-22)30(4)26(33)27-20-13-15-21(16-14-20)29(2)3/h6-16,23H,5,17H2,1-4H3,(H,27,33)(H,31,32). The summed E-state index contributed by atoms with van der Waals surface area (Å²) in [7, 11) is 5.58. The fourth-order valence-corrected chi connectivity index (χ4v) is 3.37. The number of ether oxygens (including phenoxy) is 1. The third-order valence-electron chi connectivity index (χ3n) is 5.33. The minimum absolute atomic E-state index is 0.287. The Morgan fingerprint density at radius 2 is 1.68 bits per heavy atom. The van der Waals surface area contributed by atoms with Crippen LogP contribution >= 0.6 is 0 Å². The normalized spacial score (nSPS) is 11.5. The number of amides is 2. The third kappa shape index (κ3) is 6.32. The lowest BCUT2D eigenvalue weighted by Crippen LogP contribution is -2.31. The van der Waals surface area contributed by atoms with Gasteiger partial charge < -0.3 is 20.1 Å². The Bertz CT molecular complexity index is 1110. The van der Waals surface area contributed by atoms with Crippen LogP contribution in [0.2, 0.25) is 0 Å². The number of anilines is 3. The summed E-state index contributed by atoms with van der Waals surface area (Å²) in [5.41, 5.74) is 4.17. The molecule has 0 saturated heterocycles. The second kappa shape index (κ2) is 11.3. The first kappa shape index (κ1) is 24.7. The van der Waals surface area contributed by atoms with E-state index in [-0.39, 0.29) is 12.5 Å². The lowest BCUT2D eigenvalue weighted by Gasteiger charge is -2.18. The molecule has 2 N–H and O–H groups in total. The van der Waals surface area contributed by atoms with Gasteiger partial charge >= 0.3 is 12.0 Å². The minimum atomic E-state index is -0.977. The molecule has 2 amide bonds. The lowest BCUT2D eigenvalue weighted by atomic mass is 10.0. The average molecular weight is 463 g/mol. The van der Waals surface area contributed by atoms with E-state index < -0.39 is 12.1 Å². The molecule has 8 nitrogen and oxygen atoms in total. The predicted octanol–water partition coefficient (Wildman–Crippen LogP) is 4.52. The maximum atomic E-state index is 12.7. The van der Waals surface area contributed by atoms with Crippen LogP contribution in [0.15, 0.2) is 66.7 Å². The number of carboxylic acids is 1. The number of aromatic nitrogens is 1. The van der Waals surface area contributed by atoms with E-state index in [0.717, 1.165) is 16.8 Å². The highest BCUT2D eigenvalue weighted by atomic mass is 16.5. The van der Waals surface area contributed by atoms with E-state index >= 15 is 0 Å². The van der Waals surface area contributed by atoms with Gasteiger partial charge in [-0.15, -0.1) is 0 Å². The largest absolute Gasteiger partial charge is 0.479 e. The van der Waals surface area contributed by atoms with Gasteiger partial charge in [-0.25, -0.2) is 14.6 Å². The van der Waals surface area contributed by atoms with Gasteiger partial charge in [-0.1, -0.05) is 30.3 Å².